The molecule has 0 unspecified atom stereocenters. The molecule has 0 bridgehead atoms. The first-order valence-electron chi connectivity index (χ1n) is 7.36. The highest BCUT2D eigenvalue weighted by molar-refractivity contribution is 5.37. The van der Waals surface area contributed by atoms with E-state index in [0.29, 0.717) is 4.68 Å². The van der Waals surface area contributed by atoms with E-state index in [1.54, 1.807) is 0 Å². The Bertz CT molecular complexity index is 720. The molecule has 0 atom stereocenters. The Morgan fingerprint density at radius 1 is 1.69 bits per heavy atom. The van der Waals surface area contributed by atoms with Crippen LogP contribution >= 0.6 is 0 Å². The van der Waals surface area contributed by atoms with Crippen molar-refractivity contribution in [2.75, 3.05) is 5.73 Å². The number of hydrogen-bond donors (Lipinski definition) is 1. The second kappa shape index (κ2) is 2.90. The minimum absolute atomic E-state index is 0.271. The first-order valence-corrected chi connectivity index (χ1v) is 3.36. The lowest BCUT2D eigenvalue weighted by atomic mass is 10.3. The molecule has 0 saturated carbocycles. The van der Waals surface area contributed by atoms with Gasteiger partial charge in [-0.3, -0.25) is 4.98 Å². The van der Waals surface area contributed by atoms with E-state index in [1.165, 1.54) is 0 Å². The molecule has 2 heterocycles. The first-order chi connectivity index (χ1) is 9.55. The van der Waals surface area contributed by atoms with Crippen LogP contribution in [0, 0.1) is 6.85 Å². The number of aryl methyl sites for hydroxylation is 1. The molecule has 0 aromatic carbocycles. The maximum Gasteiger partial charge on any atom is 0.0882 e. The molecule has 0 aliphatic carbocycles. The van der Waals surface area contributed by atoms with Crippen molar-refractivity contribution >= 4 is 5.69 Å². The Morgan fingerprint density at radius 2 is 2.62 bits per heavy atom. The third-order valence-corrected chi connectivity index (χ3v) is 1.29. The van der Waals surface area contributed by atoms with Gasteiger partial charge in [0.1, 0.15) is 0 Å². The Kier molecular flexibility index (Phi) is 0.631. The SMILES string of the molecule is [2H]c1nc(C([2H])([2H])[2H])c([2H])c(-n2nc([2H])c(N)c2[2H])c1[2H]. The smallest absolute Gasteiger partial charge is 0.0882 e. The van der Waals surface area contributed by atoms with E-state index in [4.69, 9.17) is 16.7 Å². The molecular weight excluding hydrogens is 164 g/mol. The summed E-state index contributed by atoms with van der Waals surface area (Å²) in [4.78, 5) is 3.44. The van der Waals surface area contributed by atoms with Gasteiger partial charge in [-0.15, -0.1) is 0 Å². The number of anilines is 1. The molecule has 0 aliphatic rings. The predicted octanol–water partition coefficient (Wildman–Crippen LogP) is 1.16. The van der Waals surface area contributed by atoms with Crippen molar-refractivity contribution in [1.29, 1.82) is 0 Å². The lowest BCUT2D eigenvalue weighted by molar-refractivity contribution is 0.875. The number of hydrogen-bond acceptors (Lipinski definition) is 3. The van der Waals surface area contributed by atoms with E-state index >= 15 is 0 Å². The third kappa shape index (κ3) is 1.51. The van der Waals surface area contributed by atoms with Gasteiger partial charge in [0.15, 0.2) is 0 Å². The highest BCUT2D eigenvalue weighted by Crippen LogP contribution is 2.08. The predicted molar refractivity (Wildman–Crippen MR) is 50.5 cm³/mol. The second-order valence-corrected chi connectivity index (χ2v) is 2.22. The average Bonchev–Trinajstić information content (AvgIpc) is 2.61. The van der Waals surface area contributed by atoms with Crippen molar-refractivity contribution in [3.63, 3.8) is 0 Å². The van der Waals surface area contributed by atoms with Crippen molar-refractivity contribution in [2.24, 2.45) is 0 Å². The van der Waals surface area contributed by atoms with Gasteiger partial charge >= 0.3 is 0 Å². The number of nitrogen functional groups attached to an aromatic ring is 1. The van der Waals surface area contributed by atoms with Crippen molar-refractivity contribution in [1.82, 2.24) is 14.8 Å². The zero-order chi connectivity index (χ0) is 16.1. The summed E-state index contributed by atoms with van der Waals surface area (Å²) in [5.41, 5.74) is 4.10. The minimum Gasteiger partial charge on any atom is -0.396 e. The molecule has 0 amide bonds. The molecule has 2 rings (SSSR count). The molecule has 2 N–H and O–H groups in total. The van der Waals surface area contributed by atoms with Gasteiger partial charge in [-0.1, -0.05) is 0 Å². The summed E-state index contributed by atoms with van der Waals surface area (Å²) >= 11 is 0. The van der Waals surface area contributed by atoms with Gasteiger partial charge < -0.3 is 5.73 Å². The van der Waals surface area contributed by atoms with Gasteiger partial charge in [0.05, 0.1) is 30.6 Å². The summed E-state index contributed by atoms with van der Waals surface area (Å²) in [5.74, 6) is 0. The second-order valence-electron chi connectivity index (χ2n) is 2.22. The number of pyridine rings is 1. The van der Waals surface area contributed by atoms with Gasteiger partial charge in [0, 0.05) is 16.0 Å². The topological polar surface area (TPSA) is 56.7 Å². The zero-order valence-electron chi connectivity index (χ0n) is 14.4. The number of aromatic nitrogens is 3. The van der Waals surface area contributed by atoms with E-state index in [0.717, 1.165) is 0 Å². The molecule has 0 spiro atoms. The molecule has 66 valence electrons. The zero-order valence-corrected chi connectivity index (χ0v) is 6.42. The maximum atomic E-state index is 7.88. The van der Waals surface area contributed by atoms with E-state index in [2.05, 4.69) is 10.1 Å². The Hall–Kier alpha value is -1.84. The van der Waals surface area contributed by atoms with Crippen LogP contribution in [0.4, 0.5) is 5.69 Å². The monoisotopic (exact) mass is 182 g/mol. The number of nitrogens with zero attached hydrogens (tertiary/aromatic N) is 3. The summed E-state index contributed by atoms with van der Waals surface area (Å²) in [6, 6.07) is -1.21. The van der Waals surface area contributed by atoms with Gasteiger partial charge in [0.2, 0.25) is 0 Å². The van der Waals surface area contributed by atoms with Crippen LogP contribution in [-0.4, -0.2) is 14.8 Å². The molecular formula is C9H10N4. The Morgan fingerprint density at radius 3 is 3.31 bits per heavy atom. The fourth-order valence-corrected chi connectivity index (χ4v) is 0.788. The van der Waals surface area contributed by atoms with Crippen LogP contribution in [0.3, 0.4) is 0 Å². The third-order valence-electron chi connectivity index (χ3n) is 1.29. The van der Waals surface area contributed by atoms with Crippen LogP contribution in [0.5, 0.6) is 0 Å². The first kappa shape index (κ1) is 2.83. The Labute approximate surface area is 87.3 Å². The van der Waals surface area contributed by atoms with Gasteiger partial charge in [-0.2, -0.15) is 5.10 Å². The molecule has 4 nitrogen and oxygen atoms in total. The van der Waals surface area contributed by atoms with Crippen LogP contribution in [0.25, 0.3) is 5.69 Å². The number of nitrogens with two attached hydrogens (primary N) is 1. The van der Waals surface area contributed by atoms with Crippen LogP contribution in [-0.2, 0) is 0 Å². The Balaban J connectivity index is 2.86. The van der Waals surface area contributed by atoms with E-state index < -0.39 is 48.8 Å². The maximum absolute atomic E-state index is 7.88. The van der Waals surface area contributed by atoms with Crippen molar-refractivity contribution in [3.05, 3.63) is 36.3 Å². The number of rotatable bonds is 1. The largest absolute Gasteiger partial charge is 0.396 e. The van der Waals surface area contributed by atoms with Gasteiger partial charge in [0.25, 0.3) is 0 Å². The van der Waals surface area contributed by atoms with Gasteiger partial charge in [-0.25, -0.2) is 4.68 Å². The molecule has 4 heteroatoms. The summed E-state index contributed by atoms with van der Waals surface area (Å²) in [7, 11) is 0. The quantitative estimate of drug-likeness (QED) is 0.720. The highest BCUT2D eigenvalue weighted by Gasteiger charge is 1.97. The molecule has 2 aromatic rings. The van der Waals surface area contributed by atoms with Crippen LogP contribution in [0.2, 0.25) is 0 Å². The molecule has 0 fully saturated rings. The fourth-order valence-electron chi connectivity index (χ4n) is 0.788. The molecule has 0 radical (unpaired) electrons. The highest BCUT2D eigenvalue weighted by atomic mass is 15.3. The van der Waals surface area contributed by atoms with Crippen molar-refractivity contribution < 1.29 is 11.0 Å². The summed E-state index contributed by atoms with van der Waals surface area (Å²) in [6.07, 6.45) is -1.55. The van der Waals surface area contributed by atoms with E-state index in [9.17, 15) is 0 Å². The molecule has 0 aliphatic heterocycles. The minimum atomic E-state index is -2.75. The summed E-state index contributed by atoms with van der Waals surface area (Å²) < 4.78 is 61.0. The lowest BCUT2D eigenvalue weighted by Gasteiger charge is -2.00. The fraction of sp³-hybridized carbons (Fsp3) is 0.111. The summed E-state index contributed by atoms with van der Waals surface area (Å²) in [6.45, 7) is -2.75. The molecule has 2 aromatic heterocycles. The molecule has 0 saturated heterocycles. The lowest BCUT2D eigenvalue weighted by Crippen LogP contribution is -1.95. The van der Waals surface area contributed by atoms with Crippen LogP contribution < -0.4 is 5.73 Å². The van der Waals surface area contributed by atoms with E-state index in [-0.39, 0.29) is 5.69 Å². The van der Waals surface area contributed by atoms with E-state index in [1.807, 2.05) is 0 Å². The standard InChI is InChI=1S/C9H10N4/c1-7-4-9(2-3-11-7)13-6-8(10)5-12-13/h2-6H,10H2,1H3/i1D3,2D,3D,4D,5D,6D. The molecule has 13 heavy (non-hydrogen) atoms. The van der Waals surface area contributed by atoms with Crippen molar-refractivity contribution in [3.8, 4) is 5.69 Å². The normalized spacial score (nSPS) is 20.0. The van der Waals surface area contributed by atoms with Crippen molar-refractivity contribution in [2.45, 2.75) is 6.85 Å². The van der Waals surface area contributed by atoms with Gasteiger partial charge in [-0.05, 0) is 18.9 Å². The average molecular weight is 182 g/mol. The van der Waals surface area contributed by atoms with Crippen LogP contribution in [0.1, 0.15) is 16.7 Å². The van der Waals surface area contributed by atoms with Crippen LogP contribution in [0.15, 0.2) is 30.6 Å². The summed E-state index contributed by atoms with van der Waals surface area (Å²) in [5, 5.41) is 3.60.